The lowest BCUT2D eigenvalue weighted by atomic mass is 9.91. The summed E-state index contributed by atoms with van der Waals surface area (Å²) in [6.45, 7) is 7.49. The van der Waals surface area contributed by atoms with Crippen LogP contribution in [-0.4, -0.2) is 56.1 Å². The second-order valence-electron chi connectivity index (χ2n) is 6.61. The zero-order valence-electron chi connectivity index (χ0n) is 14.8. The molecule has 1 aromatic carbocycles. The van der Waals surface area contributed by atoms with Gasteiger partial charge in [-0.3, -0.25) is 14.5 Å². The van der Waals surface area contributed by atoms with E-state index in [2.05, 4.69) is 15.5 Å². The number of morpholine rings is 1. The molecule has 1 aliphatic heterocycles. The number of carbonyl (C=O) groups is 2. The number of carbonyl (C=O) groups excluding carboxylic acids is 2. The van der Waals surface area contributed by atoms with Crippen molar-refractivity contribution < 1.29 is 18.7 Å². The monoisotopic (exact) mass is 351 g/mol. The molecule has 0 unspecified atom stereocenters. The van der Waals surface area contributed by atoms with Gasteiger partial charge in [0.25, 0.3) is 0 Å². The van der Waals surface area contributed by atoms with Crippen LogP contribution in [0.4, 0.5) is 4.39 Å². The van der Waals surface area contributed by atoms with Crippen molar-refractivity contribution in [3.63, 3.8) is 0 Å². The third-order valence-corrected chi connectivity index (χ3v) is 4.35. The Hall–Kier alpha value is -1.99. The summed E-state index contributed by atoms with van der Waals surface area (Å²) in [5.41, 5.74) is -0.838. The summed E-state index contributed by atoms with van der Waals surface area (Å²) in [6.07, 6.45) is 0. The first-order valence-electron chi connectivity index (χ1n) is 8.51. The highest BCUT2D eigenvalue weighted by molar-refractivity contribution is 6.04. The fourth-order valence-corrected chi connectivity index (χ4v) is 2.51. The Morgan fingerprint density at radius 2 is 1.80 bits per heavy atom. The molecule has 2 N–H and O–H groups in total. The summed E-state index contributed by atoms with van der Waals surface area (Å²) < 4.78 is 18.9. The fraction of sp³-hybridized carbons (Fsp3) is 0.556. The van der Waals surface area contributed by atoms with Crippen molar-refractivity contribution in [3.8, 4) is 0 Å². The van der Waals surface area contributed by atoms with Crippen molar-refractivity contribution in [3.05, 3.63) is 35.6 Å². The highest BCUT2D eigenvalue weighted by Crippen LogP contribution is 2.16. The lowest BCUT2D eigenvalue weighted by Gasteiger charge is -2.27. The predicted octanol–water partition coefficient (Wildman–Crippen LogP) is 0.917. The molecule has 0 bridgehead atoms. The molecule has 0 atom stereocenters. The van der Waals surface area contributed by atoms with Crippen LogP contribution in [0.5, 0.6) is 0 Å². The zero-order chi connectivity index (χ0) is 18.3. The number of nitrogens with zero attached hydrogens (tertiary/aromatic N) is 1. The maximum Gasteiger partial charge on any atom is 0.235 e. The van der Waals surface area contributed by atoms with Crippen LogP contribution in [0.25, 0.3) is 0 Å². The van der Waals surface area contributed by atoms with Crippen LogP contribution in [0.2, 0.25) is 0 Å². The van der Waals surface area contributed by atoms with E-state index >= 15 is 0 Å². The van der Waals surface area contributed by atoms with E-state index in [1.54, 1.807) is 32.0 Å². The second kappa shape index (κ2) is 8.92. The van der Waals surface area contributed by atoms with E-state index < -0.39 is 11.3 Å². The Kier molecular flexibility index (Phi) is 6.90. The standard InChI is InChI=1S/C18H26FN3O3/c1-18(2,16(23)20-7-8-22-9-11-25-12-10-22)17(24)21-13-14-5-3-4-6-15(14)19/h3-6H,7-13H2,1-2H3,(H,20,23)(H,21,24). The number of rotatable bonds is 7. The van der Waals surface area contributed by atoms with Gasteiger partial charge in [0.15, 0.2) is 0 Å². The molecule has 0 saturated carbocycles. The van der Waals surface area contributed by atoms with Gasteiger partial charge >= 0.3 is 0 Å². The van der Waals surface area contributed by atoms with E-state index in [4.69, 9.17) is 4.74 Å². The van der Waals surface area contributed by atoms with Gasteiger partial charge in [0.2, 0.25) is 11.8 Å². The molecule has 1 aliphatic rings. The Morgan fingerprint density at radius 3 is 2.48 bits per heavy atom. The SMILES string of the molecule is CC(C)(C(=O)NCCN1CCOCC1)C(=O)NCc1ccccc1F. The molecule has 1 heterocycles. The summed E-state index contributed by atoms with van der Waals surface area (Å²) in [4.78, 5) is 26.9. The van der Waals surface area contributed by atoms with Crippen LogP contribution in [-0.2, 0) is 20.9 Å². The average Bonchev–Trinajstić information content (AvgIpc) is 2.61. The normalized spacial score (nSPS) is 15.6. The minimum absolute atomic E-state index is 0.0516. The Labute approximate surface area is 147 Å². The van der Waals surface area contributed by atoms with Gasteiger partial charge in [0.05, 0.1) is 13.2 Å². The summed E-state index contributed by atoms with van der Waals surface area (Å²) in [7, 11) is 0. The van der Waals surface area contributed by atoms with Gasteiger partial charge in [0.1, 0.15) is 11.2 Å². The van der Waals surface area contributed by atoms with Gasteiger partial charge in [0, 0.05) is 38.3 Å². The molecule has 0 aromatic heterocycles. The Balaban J connectivity index is 1.78. The van der Waals surface area contributed by atoms with Crippen molar-refractivity contribution >= 4 is 11.8 Å². The van der Waals surface area contributed by atoms with E-state index in [0.717, 1.165) is 19.6 Å². The van der Waals surface area contributed by atoms with Gasteiger partial charge in [-0.1, -0.05) is 18.2 Å². The number of amides is 2. The third kappa shape index (κ3) is 5.51. The molecule has 1 saturated heterocycles. The fourth-order valence-electron chi connectivity index (χ4n) is 2.51. The summed E-state index contributed by atoms with van der Waals surface area (Å²) in [5, 5.41) is 5.44. The first-order valence-corrected chi connectivity index (χ1v) is 8.51. The molecule has 1 aromatic rings. The highest BCUT2D eigenvalue weighted by atomic mass is 19.1. The molecular weight excluding hydrogens is 325 g/mol. The summed E-state index contributed by atoms with van der Waals surface area (Å²) >= 11 is 0. The van der Waals surface area contributed by atoms with E-state index in [9.17, 15) is 14.0 Å². The molecule has 6 nitrogen and oxygen atoms in total. The Bertz CT molecular complexity index is 601. The molecule has 0 radical (unpaired) electrons. The number of hydrogen-bond donors (Lipinski definition) is 2. The van der Waals surface area contributed by atoms with Gasteiger partial charge in [-0.2, -0.15) is 0 Å². The molecule has 7 heteroatoms. The van der Waals surface area contributed by atoms with E-state index in [1.165, 1.54) is 6.07 Å². The predicted molar refractivity (Wildman–Crippen MR) is 92.3 cm³/mol. The largest absolute Gasteiger partial charge is 0.379 e. The van der Waals surface area contributed by atoms with Crippen LogP contribution >= 0.6 is 0 Å². The molecule has 138 valence electrons. The number of benzene rings is 1. The van der Waals surface area contributed by atoms with E-state index in [1.807, 2.05) is 0 Å². The minimum Gasteiger partial charge on any atom is -0.379 e. The first-order chi connectivity index (χ1) is 11.9. The first kappa shape index (κ1) is 19.3. The van der Waals surface area contributed by atoms with Crippen molar-refractivity contribution in [2.45, 2.75) is 20.4 Å². The Morgan fingerprint density at radius 1 is 1.16 bits per heavy atom. The van der Waals surface area contributed by atoms with Crippen molar-refractivity contribution in [2.24, 2.45) is 5.41 Å². The van der Waals surface area contributed by atoms with Crippen molar-refractivity contribution in [2.75, 3.05) is 39.4 Å². The molecule has 2 amide bonds. The van der Waals surface area contributed by atoms with Crippen molar-refractivity contribution in [1.82, 2.24) is 15.5 Å². The quantitative estimate of drug-likeness (QED) is 0.717. The van der Waals surface area contributed by atoms with Crippen molar-refractivity contribution in [1.29, 1.82) is 0 Å². The van der Waals surface area contributed by atoms with Gasteiger partial charge in [-0.05, 0) is 19.9 Å². The van der Waals surface area contributed by atoms with E-state index in [-0.39, 0.29) is 18.3 Å². The van der Waals surface area contributed by atoms with Gasteiger partial charge in [-0.25, -0.2) is 4.39 Å². The van der Waals surface area contributed by atoms with Crippen LogP contribution < -0.4 is 10.6 Å². The van der Waals surface area contributed by atoms with E-state index in [0.29, 0.717) is 25.3 Å². The lowest BCUT2D eigenvalue weighted by Crippen LogP contribution is -2.49. The number of hydrogen-bond acceptors (Lipinski definition) is 4. The van der Waals surface area contributed by atoms with Crippen LogP contribution in [0.15, 0.2) is 24.3 Å². The highest BCUT2D eigenvalue weighted by Gasteiger charge is 2.35. The number of halogens is 1. The zero-order valence-corrected chi connectivity index (χ0v) is 14.8. The van der Waals surface area contributed by atoms with Crippen LogP contribution in [0.1, 0.15) is 19.4 Å². The van der Waals surface area contributed by atoms with Gasteiger partial charge in [-0.15, -0.1) is 0 Å². The molecular formula is C18H26FN3O3. The molecule has 25 heavy (non-hydrogen) atoms. The molecule has 1 fully saturated rings. The molecule has 2 rings (SSSR count). The number of ether oxygens (including phenoxy) is 1. The van der Waals surface area contributed by atoms with Crippen LogP contribution in [0, 0.1) is 11.2 Å². The maximum atomic E-state index is 13.6. The average molecular weight is 351 g/mol. The lowest BCUT2D eigenvalue weighted by molar-refractivity contribution is -0.141. The van der Waals surface area contributed by atoms with Gasteiger partial charge < -0.3 is 15.4 Å². The topological polar surface area (TPSA) is 70.7 Å². The molecule has 0 aliphatic carbocycles. The minimum atomic E-state index is -1.23. The summed E-state index contributed by atoms with van der Waals surface area (Å²) in [6, 6.07) is 6.23. The molecule has 0 spiro atoms. The van der Waals surface area contributed by atoms with Crippen LogP contribution in [0.3, 0.4) is 0 Å². The number of nitrogens with one attached hydrogen (secondary N) is 2. The summed E-state index contributed by atoms with van der Waals surface area (Å²) in [5.74, 6) is -1.15. The second-order valence-corrected chi connectivity index (χ2v) is 6.61. The maximum absolute atomic E-state index is 13.6. The third-order valence-electron chi connectivity index (χ3n) is 4.35. The smallest absolute Gasteiger partial charge is 0.235 e.